The molecule has 2 aromatic heterocycles. The minimum Gasteiger partial charge on any atom is -0.494 e. The van der Waals surface area contributed by atoms with Crippen molar-refractivity contribution in [2.75, 3.05) is 13.2 Å². The number of allylic oxidation sites excluding steroid dienone is 1. The highest BCUT2D eigenvalue weighted by Crippen LogP contribution is 2.32. The van der Waals surface area contributed by atoms with E-state index in [4.69, 9.17) is 21.1 Å². The number of hydrogen-bond donors (Lipinski definition) is 0. The van der Waals surface area contributed by atoms with Crippen molar-refractivity contribution < 1.29 is 14.3 Å². The van der Waals surface area contributed by atoms with E-state index in [2.05, 4.69) is 15.6 Å². The third-order valence-electron chi connectivity index (χ3n) is 6.87. The lowest BCUT2D eigenvalue weighted by atomic mass is 9.96. The third kappa shape index (κ3) is 5.05. The number of hydrogen-bond acceptors (Lipinski definition) is 6. The van der Waals surface area contributed by atoms with Gasteiger partial charge in [-0.15, -0.1) is 0 Å². The Kier molecular flexibility index (Phi) is 7.83. The molecule has 3 heterocycles. The minimum atomic E-state index is -0.672. The highest BCUT2D eigenvalue weighted by atomic mass is 35.5. The number of carbonyl (C=O) groups is 1. The second kappa shape index (κ2) is 11.3. The molecule has 5 rings (SSSR count). The van der Waals surface area contributed by atoms with E-state index >= 15 is 0 Å². The van der Waals surface area contributed by atoms with E-state index in [1.807, 2.05) is 75.4 Å². The van der Waals surface area contributed by atoms with Gasteiger partial charge in [0.2, 0.25) is 0 Å². The molecule has 0 saturated carbocycles. The second-order valence-electron chi connectivity index (χ2n) is 9.44. The van der Waals surface area contributed by atoms with E-state index in [1.54, 1.807) is 18.4 Å². The predicted octanol–water partition coefficient (Wildman–Crippen LogP) is 5.26. The smallest absolute Gasteiger partial charge is 0.338 e. The average Bonchev–Trinajstić information content (AvgIpc) is 3.38. The molecule has 0 bridgehead atoms. The first-order chi connectivity index (χ1) is 19.2. The molecule has 1 atom stereocenters. The molecule has 1 aliphatic heterocycles. The van der Waals surface area contributed by atoms with Crippen molar-refractivity contribution in [3.63, 3.8) is 0 Å². The van der Waals surface area contributed by atoms with Gasteiger partial charge in [-0.05, 0) is 94.3 Å². The number of rotatable bonds is 7. The Hall–Kier alpha value is -3.88. The monoisotopic (exact) mass is 575 g/mol. The fourth-order valence-corrected chi connectivity index (χ4v) is 6.25. The third-order valence-corrected chi connectivity index (χ3v) is 8.10. The first-order valence-corrected chi connectivity index (χ1v) is 14.3. The molecule has 0 amide bonds. The average molecular weight is 576 g/mol. The van der Waals surface area contributed by atoms with Crippen LogP contribution in [0.15, 0.2) is 75.7 Å². The number of aryl methyl sites for hydroxylation is 1. The van der Waals surface area contributed by atoms with Gasteiger partial charge in [0.15, 0.2) is 4.80 Å². The van der Waals surface area contributed by atoms with Crippen LogP contribution in [-0.4, -0.2) is 28.3 Å². The maximum Gasteiger partial charge on any atom is 0.338 e. The number of halogens is 1. The molecule has 206 valence electrons. The van der Waals surface area contributed by atoms with Gasteiger partial charge in [0.1, 0.15) is 5.75 Å². The Balaban J connectivity index is 1.66. The standard InChI is InChI=1S/C31H30ClN3O4S/c1-6-38-25-14-8-21(9-15-25)28-27(30(37)39-7-2)19(4)33-31-35(28)29(36)26(40-31)17-22-16-18(3)34(20(22)5)24-12-10-23(32)11-13-24/h8-17,28H,6-7H2,1-5H3. The van der Waals surface area contributed by atoms with E-state index in [1.165, 1.54) is 11.3 Å². The summed E-state index contributed by atoms with van der Waals surface area (Å²) in [6.07, 6.45) is 1.90. The summed E-state index contributed by atoms with van der Waals surface area (Å²) < 4.78 is 15.3. The maximum atomic E-state index is 14.0. The first kappa shape index (κ1) is 27.7. The molecular formula is C31H30ClN3O4S. The molecule has 7 nitrogen and oxygen atoms in total. The zero-order valence-electron chi connectivity index (χ0n) is 23.0. The van der Waals surface area contributed by atoms with Crippen molar-refractivity contribution >= 4 is 35.0 Å². The highest BCUT2D eigenvalue weighted by molar-refractivity contribution is 7.07. The summed E-state index contributed by atoms with van der Waals surface area (Å²) in [6.45, 7) is 10.3. The van der Waals surface area contributed by atoms with Gasteiger partial charge in [-0.3, -0.25) is 9.36 Å². The van der Waals surface area contributed by atoms with Gasteiger partial charge in [-0.1, -0.05) is 35.1 Å². The molecule has 0 fully saturated rings. The number of thiazole rings is 1. The summed E-state index contributed by atoms with van der Waals surface area (Å²) in [5.41, 5.74) is 5.39. The second-order valence-corrected chi connectivity index (χ2v) is 10.9. The fourth-order valence-electron chi connectivity index (χ4n) is 5.08. The molecule has 1 unspecified atom stereocenters. The number of nitrogens with zero attached hydrogens (tertiary/aromatic N) is 3. The van der Waals surface area contributed by atoms with Gasteiger partial charge in [0.05, 0.1) is 35.1 Å². The molecule has 0 N–H and O–H groups in total. The van der Waals surface area contributed by atoms with Crippen LogP contribution in [0.1, 0.15) is 49.3 Å². The van der Waals surface area contributed by atoms with Gasteiger partial charge >= 0.3 is 5.97 Å². The van der Waals surface area contributed by atoms with Crippen molar-refractivity contribution in [2.24, 2.45) is 4.99 Å². The Morgan fingerprint density at radius 2 is 1.75 bits per heavy atom. The molecule has 40 heavy (non-hydrogen) atoms. The number of benzene rings is 2. The fraction of sp³-hybridized carbons (Fsp3) is 0.258. The zero-order chi connectivity index (χ0) is 28.6. The Bertz CT molecular complexity index is 1790. The van der Waals surface area contributed by atoms with Crippen molar-refractivity contribution in [3.05, 3.63) is 113 Å². The number of ether oxygens (including phenoxy) is 2. The molecule has 0 spiro atoms. The van der Waals surface area contributed by atoms with E-state index in [-0.39, 0.29) is 12.2 Å². The first-order valence-electron chi connectivity index (χ1n) is 13.1. The summed E-state index contributed by atoms with van der Waals surface area (Å²) in [5, 5.41) is 0.673. The molecular weight excluding hydrogens is 546 g/mol. The van der Waals surface area contributed by atoms with E-state index in [0.29, 0.717) is 38.0 Å². The van der Waals surface area contributed by atoms with Gasteiger partial charge in [-0.25, -0.2) is 9.79 Å². The zero-order valence-corrected chi connectivity index (χ0v) is 24.6. The van der Waals surface area contributed by atoms with Crippen LogP contribution in [0.2, 0.25) is 5.02 Å². The number of aromatic nitrogens is 2. The van der Waals surface area contributed by atoms with E-state index < -0.39 is 12.0 Å². The van der Waals surface area contributed by atoms with Crippen LogP contribution in [0.3, 0.4) is 0 Å². The van der Waals surface area contributed by atoms with Crippen LogP contribution in [0.5, 0.6) is 5.75 Å². The van der Waals surface area contributed by atoms with E-state index in [0.717, 1.165) is 28.2 Å². The van der Waals surface area contributed by atoms with Gasteiger partial charge in [0, 0.05) is 22.1 Å². The van der Waals surface area contributed by atoms with Crippen molar-refractivity contribution in [1.82, 2.24) is 9.13 Å². The van der Waals surface area contributed by atoms with Crippen LogP contribution in [0.25, 0.3) is 11.8 Å². The highest BCUT2D eigenvalue weighted by Gasteiger charge is 2.33. The lowest BCUT2D eigenvalue weighted by Crippen LogP contribution is -2.39. The quantitative estimate of drug-likeness (QED) is 0.282. The largest absolute Gasteiger partial charge is 0.494 e. The number of esters is 1. The summed E-state index contributed by atoms with van der Waals surface area (Å²) in [6, 6.07) is 16.5. The Morgan fingerprint density at radius 1 is 1.05 bits per heavy atom. The molecule has 0 radical (unpaired) electrons. The van der Waals surface area contributed by atoms with Gasteiger partial charge in [0.25, 0.3) is 5.56 Å². The van der Waals surface area contributed by atoms with Crippen LogP contribution >= 0.6 is 22.9 Å². The van der Waals surface area contributed by atoms with Crippen molar-refractivity contribution in [2.45, 2.75) is 40.7 Å². The van der Waals surface area contributed by atoms with E-state index in [9.17, 15) is 9.59 Å². The summed E-state index contributed by atoms with van der Waals surface area (Å²) in [4.78, 5) is 32.3. The number of carbonyl (C=O) groups excluding carboxylic acids is 1. The minimum absolute atomic E-state index is 0.215. The van der Waals surface area contributed by atoms with Gasteiger partial charge in [-0.2, -0.15) is 0 Å². The van der Waals surface area contributed by atoms with Crippen LogP contribution in [-0.2, 0) is 9.53 Å². The summed E-state index contributed by atoms with van der Waals surface area (Å²) >= 11 is 7.40. The lowest BCUT2D eigenvalue weighted by molar-refractivity contribution is -0.139. The van der Waals surface area contributed by atoms with Crippen LogP contribution in [0, 0.1) is 13.8 Å². The van der Waals surface area contributed by atoms with Crippen LogP contribution < -0.4 is 19.6 Å². The van der Waals surface area contributed by atoms with Crippen LogP contribution in [0.4, 0.5) is 0 Å². The Morgan fingerprint density at radius 3 is 2.40 bits per heavy atom. The van der Waals surface area contributed by atoms with Crippen molar-refractivity contribution in [1.29, 1.82) is 0 Å². The Labute approximate surface area is 241 Å². The maximum absolute atomic E-state index is 14.0. The SMILES string of the molecule is CCOC(=O)C1=C(C)N=c2sc(=Cc3cc(C)n(-c4ccc(Cl)cc4)c3C)c(=O)n2C1c1ccc(OCC)cc1. The molecule has 9 heteroatoms. The molecule has 2 aromatic carbocycles. The number of fused-ring (bicyclic) bond motifs is 1. The molecule has 0 saturated heterocycles. The predicted molar refractivity (Wildman–Crippen MR) is 158 cm³/mol. The molecule has 0 aliphatic carbocycles. The summed E-state index contributed by atoms with van der Waals surface area (Å²) in [7, 11) is 0. The van der Waals surface area contributed by atoms with Crippen molar-refractivity contribution in [3.8, 4) is 11.4 Å². The molecule has 1 aliphatic rings. The molecule has 4 aromatic rings. The normalized spacial score (nSPS) is 15.2. The topological polar surface area (TPSA) is 74.8 Å². The van der Waals surface area contributed by atoms with Gasteiger partial charge < -0.3 is 14.0 Å². The lowest BCUT2D eigenvalue weighted by Gasteiger charge is -2.24. The summed E-state index contributed by atoms with van der Waals surface area (Å²) in [5.74, 6) is 0.233.